The van der Waals surface area contributed by atoms with Crippen LogP contribution in [0.2, 0.25) is 0 Å². The average molecular weight is 399 g/mol. The molecule has 7 nitrogen and oxygen atoms in total. The first kappa shape index (κ1) is 21.9. The number of hydrogen-bond acceptors (Lipinski definition) is 5. The van der Waals surface area contributed by atoms with Crippen LogP contribution < -0.4 is 5.32 Å². The van der Waals surface area contributed by atoms with Crippen LogP contribution in [0.3, 0.4) is 0 Å². The van der Waals surface area contributed by atoms with Gasteiger partial charge in [0.25, 0.3) is 0 Å². The molecule has 2 aromatic carbocycles. The van der Waals surface area contributed by atoms with Crippen molar-refractivity contribution in [2.45, 2.75) is 45.4 Å². The number of aromatic carboxylic acids is 1. The molecule has 0 saturated heterocycles. The molecule has 2 rings (SSSR count). The molecule has 0 bridgehead atoms. The van der Waals surface area contributed by atoms with Crippen molar-refractivity contribution < 1.29 is 29.0 Å². The number of carboxylic acid groups (broad SMARTS) is 1. The molecule has 1 amide bonds. The molecule has 0 radical (unpaired) electrons. The van der Waals surface area contributed by atoms with Crippen LogP contribution in [0, 0.1) is 0 Å². The van der Waals surface area contributed by atoms with E-state index in [9.17, 15) is 14.4 Å². The van der Waals surface area contributed by atoms with Gasteiger partial charge in [-0.25, -0.2) is 14.4 Å². The minimum Gasteiger partial charge on any atom is -0.478 e. The smallest absolute Gasteiger partial charge is 0.408 e. The van der Waals surface area contributed by atoms with Crippen molar-refractivity contribution in [1.82, 2.24) is 5.32 Å². The second kappa shape index (κ2) is 9.73. The summed E-state index contributed by atoms with van der Waals surface area (Å²) >= 11 is 0. The van der Waals surface area contributed by atoms with Gasteiger partial charge in [-0.3, -0.25) is 0 Å². The molecule has 2 aromatic rings. The van der Waals surface area contributed by atoms with Crippen LogP contribution in [0.15, 0.2) is 54.6 Å². The first-order valence-electron chi connectivity index (χ1n) is 9.16. The lowest BCUT2D eigenvalue weighted by Gasteiger charge is -2.24. The fourth-order valence-corrected chi connectivity index (χ4v) is 2.49. The van der Waals surface area contributed by atoms with Crippen LogP contribution in [0.5, 0.6) is 0 Å². The van der Waals surface area contributed by atoms with Gasteiger partial charge in [-0.1, -0.05) is 42.5 Å². The van der Waals surface area contributed by atoms with Gasteiger partial charge in [-0.05, 0) is 44.0 Å². The van der Waals surface area contributed by atoms with Crippen molar-refractivity contribution in [3.8, 4) is 0 Å². The van der Waals surface area contributed by atoms with E-state index < -0.39 is 29.7 Å². The SMILES string of the molecule is CC(C)(C)OC(=O)[C@H](Cc1ccc(C(=O)O)cc1)NC(=O)OCc1ccccc1. The molecule has 0 unspecified atom stereocenters. The summed E-state index contributed by atoms with van der Waals surface area (Å²) in [7, 11) is 0. The Kier molecular flexibility index (Phi) is 7.36. The van der Waals surface area contributed by atoms with Crippen LogP contribution in [0.1, 0.15) is 42.3 Å². The normalized spacial score (nSPS) is 12.0. The number of ether oxygens (including phenoxy) is 2. The Morgan fingerprint density at radius 1 is 0.966 bits per heavy atom. The Morgan fingerprint density at radius 2 is 1.59 bits per heavy atom. The molecule has 29 heavy (non-hydrogen) atoms. The van der Waals surface area contributed by atoms with Crippen molar-refractivity contribution in [3.05, 3.63) is 71.3 Å². The number of esters is 1. The van der Waals surface area contributed by atoms with Gasteiger partial charge in [0.15, 0.2) is 0 Å². The highest BCUT2D eigenvalue weighted by Crippen LogP contribution is 2.13. The number of amides is 1. The molecular formula is C22H25NO6. The molecule has 0 aliphatic heterocycles. The Hall–Kier alpha value is -3.35. The summed E-state index contributed by atoms with van der Waals surface area (Å²) < 4.78 is 10.6. The maximum Gasteiger partial charge on any atom is 0.408 e. The van der Waals surface area contributed by atoms with E-state index in [1.165, 1.54) is 12.1 Å². The maximum absolute atomic E-state index is 12.6. The van der Waals surface area contributed by atoms with Gasteiger partial charge >= 0.3 is 18.0 Å². The second-order valence-electron chi connectivity index (χ2n) is 7.50. The summed E-state index contributed by atoms with van der Waals surface area (Å²) in [5, 5.41) is 11.5. The predicted octanol–water partition coefficient (Wildman–Crippen LogP) is 3.56. The quantitative estimate of drug-likeness (QED) is 0.690. The summed E-state index contributed by atoms with van der Waals surface area (Å²) in [5.74, 6) is -1.64. The highest BCUT2D eigenvalue weighted by atomic mass is 16.6. The number of hydrogen-bond donors (Lipinski definition) is 2. The fourth-order valence-electron chi connectivity index (χ4n) is 2.49. The van der Waals surface area contributed by atoms with Crippen molar-refractivity contribution in [3.63, 3.8) is 0 Å². The monoisotopic (exact) mass is 399 g/mol. The second-order valence-corrected chi connectivity index (χ2v) is 7.50. The number of carboxylic acids is 1. The number of nitrogens with one attached hydrogen (secondary N) is 1. The highest BCUT2D eigenvalue weighted by molar-refractivity contribution is 5.87. The zero-order valence-corrected chi connectivity index (χ0v) is 16.7. The largest absolute Gasteiger partial charge is 0.478 e. The zero-order valence-electron chi connectivity index (χ0n) is 16.7. The zero-order chi connectivity index (χ0) is 21.4. The van der Waals surface area contributed by atoms with Crippen molar-refractivity contribution in [2.24, 2.45) is 0 Å². The van der Waals surface area contributed by atoms with E-state index in [0.29, 0.717) is 5.56 Å². The third-order valence-electron chi connectivity index (χ3n) is 3.84. The van der Waals surface area contributed by atoms with Crippen molar-refractivity contribution in [2.75, 3.05) is 0 Å². The number of benzene rings is 2. The Bertz CT molecular complexity index is 840. The number of carbonyl (C=O) groups excluding carboxylic acids is 2. The standard InChI is InChI=1S/C22H25NO6/c1-22(2,3)29-20(26)18(13-15-9-11-17(12-10-15)19(24)25)23-21(27)28-14-16-7-5-4-6-8-16/h4-12,18H,13-14H2,1-3H3,(H,23,27)(H,24,25)/t18-/m0/s1. The van der Waals surface area contributed by atoms with Gasteiger partial charge in [0.2, 0.25) is 0 Å². The molecule has 154 valence electrons. The molecule has 0 spiro atoms. The van der Waals surface area contributed by atoms with Gasteiger partial charge in [0.05, 0.1) is 5.56 Å². The third-order valence-corrected chi connectivity index (χ3v) is 3.84. The van der Waals surface area contributed by atoms with E-state index in [-0.39, 0.29) is 18.6 Å². The van der Waals surface area contributed by atoms with E-state index in [4.69, 9.17) is 14.6 Å². The lowest BCUT2D eigenvalue weighted by Crippen LogP contribution is -2.45. The molecule has 0 heterocycles. The maximum atomic E-state index is 12.6. The number of alkyl carbamates (subject to hydrolysis) is 1. The van der Waals surface area contributed by atoms with Crippen LogP contribution in [-0.2, 0) is 27.3 Å². The van der Waals surface area contributed by atoms with Crippen LogP contribution in [-0.4, -0.2) is 34.8 Å². The van der Waals surface area contributed by atoms with Crippen LogP contribution in [0.4, 0.5) is 4.79 Å². The Morgan fingerprint density at radius 3 is 2.14 bits per heavy atom. The molecule has 7 heteroatoms. The fraction of sp³-hybridized carbons (Fsp3) is 0.318. The van der Waals surface area contributed by atoms with Gasteiger partial charge in [0, 0.05) is 6.42 Å². The molecule has 0 aliphatic rings. The molecule has 1 atom stereocenters. The summed E-state index contributed by atoms with van der Waals surface area (Å²) in [6, 6.07) is 14.3. The molecule has 0 aliphatic carbocycles. The molecule has 0 fully saturated rings. The predicted molar refractivity (Wildman–Crippen MR) is 107 cm³/mol. The average Bonchev–Trinajstić information content (AvgIpc) is 2.66. The third kappa shape index (κ3) is 7.65. The van der Waals surface area contributed by atoms with Gasteiger partial charge in [-0.2, -0.15) is 0 Å². The van der Waals surface area contributed by atoms with Crippen molar-refractivity contribution >= 4 is 18.0 Å². The summed E-state index contributed by atoms with van der Waals surface area (Å²) in [6.45, 7) is 5.27. The Balaban J connectivity index is 2.06. The lowest BCUT2D eigenvalue weighted by atomic mass is 10.0. The van der Waals surface area contributed by atoms with E-state index in [1.54, 1.807) is 32.9 Å². The summed E-state index contributed by atoms with van der Waals surface area (Å²) in [6.07, 6.45) is -0.609. The first-order chi connectivity index (χ1) is 13.6. The minimum absolute atomic E-state index is 0.0705. The topological polar surface area (TPSA) is 102 Å². The molecular weight excluding hydrogens is 374 g/mol. The van der Waals surface area contributed by atoms with E-state index in [1.807, 2.05) is 30.3 Å². The lowest BCUT2D eigenvalue weighted by molar-refractivity contribution is -0.157. The van der Waals surface area contributed by atoms with Gasteiger partial charge < -0.3 is 19.9 Å². The molecule has 0 aromatic heterocycles. The van der Waals surface area contributed by atoms with E-state index in [0.717, 1.165) is 5.56 Å². The first-order valence-corrected chi connectivity index (χ1v) is 9.16. The minimum atomic E-state index is -1.04. The number of rotatable bonds is 7. The highest BCUT2D eigenvalue weighted by Gasteiger charge is 2.27. The molecule has 0 saturated carbocycles. The Labute approximate surface area is 169 Å². The summed E-state index contributed by atoms with van der Waals surface area (Å²) in [5.41, 5.74) is 0.908. The van der Waals surface area contributed by atoms with Gasteiger partial charge in [-0.15, -0.1) is 0 Å². The van der Waals surface area contributed by atoms with E-state index >= 15 is 0 Å². The number of carbonyl (C=O) groups is 3. The van der Waals surface area contributed by atoms with Crippen LogP contribution in [0.25, 0.3) is 0 Å². The summed E-state index contributed by atoms with van der Waals surface area (Å²) in [4.78, 5) is 35.8. The van der Waals surface area contributed by atoms with Crippen molar-refractivity contribution in [1.29, 1.82) is 0 Å². The van der Waals surface area contributed by atoms with E-state index in [2.05, 4.69) is 5.32 Å². The van der Waals surface area contributed by atoms with Crippen LogP contribution >= 0.6 is 0 Å². The molecule has 2 N–H and O–H groups in total. The van der Waals surface area contributed by atoms with Gasteiger partial charge in [0.1, 0.15) is 18.2 Å².